The third-order valence-corrected chi connectivity index (χ3v) is 3.55. The van der Waals surface area contributed by atoms with E-state index >= 15 is 0 Å². The molecule has 0 bridgehead atoms. The number of hydrogen-bond donors (Lipinski definition) is 0. The van der Waals surface area contributed by atoms with E-state index in [1.165, 1.54) is 11.3 Å². The second-order valence-corrected chi connectivity index (χ2v) is 5.10. The quantitative estimate of drug-likeness (QED) is 0.622. The summed E-state index contributed by atoms with van der Waals surface area (Å²) in [5.74, 6) is -0.0561. The Hall–Kier alpha value is -2.21. The lowest BCUT2D eigenvalue weighted by Crippen LogP contribution is -2.03. The molecule has 96 valence electrons. The molecule has 2 aromatic heterocycles. The van der Waals surface area contributed by atoms with E-state index in [4.69, 9.17) is 4.74 Å². The van der Waals surface area contributed by atoms with Crippen LogP contribution >= 0.6 is 11.3 Å². The van der Waals surface area contributed by atoms with Gasteiger partial charge in [0.2, 0.25) is 5.90 Å². The van der Waals surface area contributed by atoms with Crippen LogP contribution in [-0.2, 0) is 16.6 Å². The van der Waals surface area contributed by atoms with Crippen molar-refractivity contribution in [3.8, 4) is 0 Å². The van der Waals surface area contributed by atoms with E-state index in [0.29, 0.717) is 11.6 Å². The summed E-state index contributed by atoms with van der Waals surface area (Å²) in [6.07, 6.45) is 3.54. The van der Waals surface area contributed by atoms with Crippen molar-refractivity contribution in [3.63, 3.8) is 0 Å². The molecule has 3 heterocycles. The Morgan fingerprint density at radius 1 is 1.47 bits per heavy atom. The summed E-state index contributed by atoms with van der Waals surface area (Å²) in [7, 11) is 1.84. The molecule has 0 N–H and O–H groups in total. The van der Waals surface area contributed by atoms with E-state index in [1.54, 1.807) is 10.8 Å². The summed E-state index contributed by atoms with van der Waals surface area (Å²) < 4.78 is 6.86. The summed E-state index contributed by atoms with van der Waals surface area (Å²) in [5.41, 5.74) is 2.02. The highest BCUT2D eigenvalue weighted by molar-refractivity contribution is 7.12. The van der Waals surface area contributed by atoms with Crippen molar-refractivity contribution in [2.75, 3.05) is 0 Å². The maximum absolute atomic E-state index is 11.8. The number of rotatable bonds is 2. The van der Waals surface area contributed by atoms with E-state index < -0.39 is 5.97 Å². The molecule has 0 spiro atoms. The van der Waals surface area contributed by atoms with Crippen molar-refractivity contribution in [3.05, 3.63) is 45.5 Å². The minimum atomic E-state index is -0.424. The van der Waals surface area contributed by atoms with Gasteiger partial charge in [0.15, 0.2) is 5.70 Å². The zero-order valence-electron chi connectivity index (χ0n) is 10.5. The minimum absolute atomic E-state index is 0.305. The van der Waals surface area contributed by atoms with Crippen LogP contribution in [0.2, 0.25) is 0 Å². The van der Waals surface area contributed by atoms with Crippen LogP contribution in [0.4, 0.5) is 0 Å². The van der Waals surface area contributed by atoms with Gasteiger partial charge in [-0.3, -0.25) is 4.68 Å². The van der Waals surface area contributed by atoms with Gasteiger partial charge in [-0.15, -0.1) is 11.3 Å². The third-order valence-electron chi connectivity index (χ3n) is 2.70. The molecule has 0 fully saturated rings. The summed E-state index contributed by atoms with van der Waals surface area (Å²) in [6, 6.07) is 3.76. The predicted molar refractivity (Wildman–Crippen MR) is 72.9 cm³/mol. The molecule has 3 rings (SSSR count). The van der Waals surface area contributed by atoms with Gasteiger partial charge in [0.1, 0.15) is 0 Å². The number of cyclic esters (lactones) is 1. The first-order valence-corrected chi connectivity index (χ1v) is 6.58. The Kier molecular flexibility index (Phi) is 2.79. The van der Waals surface area contributed by atoms with Crippen molar-refractivity contribution in [2.45, 2.75) is 6.92 Å². The Morgan fingerprint density at radius 2 is 2.32 bits per heavy atom. The number of thiophene rings is 1. The number of aromatic nitrogens is 2. The maximum atomic E-state index is 11.8. The number of nitrogens with zero attached hydrogens (tertiary/aromatic N) is 3. The summed E-state index contributed by atoms with van der Waals surface area (Å²) in [6.45, 7) is 1.89. The fraction of sp³-hybridized carbons (Fsp3) is 0.154. The number of aryl methyl sites for hydroxylation is 2. The van der Waals surface area contributed by atoms with Gasteiger partial charge in [-0.2, -0.15) is 5.10 Å². The van der Waals surface area contributed by atoms with E-state index in [1.807, 2.05) is 37.7 Å². The van der Waals surface area contributed by atoms with Crippen molar-refractivity contribution < 1.29 is 9.53 Å². The Morgan fingerprint density at radius 3 is 2.95 bits per heavy atom. The highest BCUT2D eigenvalue weighted by Crippen LogP contribution is 2.22. The standard InChI is InChI=1S/C13H11N3O2S/c1-8-9(7-16(2)15-8)6-10-13(17)18-12(14-10)11-4-3-5-19-11/h3-7H,1-2H3/b10-6-. The Balaban J connectivity index is 1.97. The van der Waals surface area contributed by atoms with Gasteiger partial charge in [0.25, 0.3) is 0 Å². The first-order chi connectivity index (χ1) is 9.13. The second-order valence-electron chi connectivity index (χ2n) is 4.16. The van der Waals surface area contributed by atoms with Crippen LogP contribution in [0.3, 0.4) is 0 Å². The average molecular weight is 273 g/mol. The molecular formula is C13H11N3O2S. The molecule has 0 saturated carbocycles. The molecule has 1 aliphatic rings. The summed E-state index contributed by atoms with van der Waals surface area (Å²) >= 11 is 1.49. The van der Waals surface area contributed by atoms with Crippen LogP contribution in [0.1, 0.15) is 16.1 Å². The topological polar surface area (TPSA) is 56.5 Å². The van der Waals surface area contributed by atoms with Crippen LogP contribution in [0.5, 0.6) is 0 Å². The molecule has 0 saturated heterocycles. The predicted octanol–water partition coefficient (Wildman–Crippen LogP) is 2.13. The fourth-order valence-electron chi connectivity index (χ4n) is 1.82. The molecule has 0 atom stereocenters. The third kappa shape index (κ3) is 2.22. The van der Waals surface area contributed by atoms with E-state index in [-0.39, 0.29) is 0 Å². The lowest BCUT2D eigenvalue weighted by atomic mass is 10.2. The van der Waals surface area contributed by atoms with Crippen LogP contribution in [0.15, 0.2) is 34.4 Å². The Labute approximate surface area is 113 Å². The smallest absolute Gasteiger partial charge is 0.363 e. The lowest BCUT2D eigenvalue weighted by molar-refractivity contribution is -0.129. The number of hydrogen-bond acceptors (Lipinski definition) is 5. The number of carbonyl (C=O) groups excluding carboxylic acids is 1. The van der Waals surface area contributed by atoms with E-state index in [9.17, 15) is 4.79 Å². The van der Waals surface area contributed by atoms with Crippen molar-refractivity contribution in [1.82, 2.24) is 9.78 Å². The van der Waals surface area contributed by atoms with Gasteiger partial charge in [-0.1, -0.05) is 6.07 Å². The lowest BCUT2D eigenvalue weighted by Gasteiger charge is -1.92. The van der Waals surface area contributed by atoms with Crippen molar-refractivity contribution in [1.29, 1.82) is 0 Å². The highest BCUT2D eigenvalue weighted by atomic mass is 32.1. The summed E-state index contributed by atoms with van der Waals surface area (Å²) in [5, 5.41) is 6.14. The maximum Gasteiger partial charge on any atom is 0.363 e. The molecule has 1 aliphatic heterocycles. The molecule has 5 nitrogen and oxygen atoms in total. The highest BCUT2D eigenvalue weighted by Gasteiger charge is 2.25. The molecular weight excluding hydrogens is 262 g/mol. The van der Waals surface area contributed by atoms with Gasteiger partial charge in [0.05, 0.1) is 10.6 Å². The van der Waals surface area contributed by atoms with Crippen molar-refractivity contribution >= 4 is 29.3 Å². The Bertz CT molecular complexity index is 696. The van der Waals surface area contributed by atoms with Gasteiger partial charge in [0, 0.05) is 18.8 Å². The molecule has 2 aromatic rings. The molecule has 0 aromatic carbocycles. The number of esters is 1. The number of aliphatic imine (C=N–C) groups is 1. The van der Waals surface area contributed by atoms with Crippen LogP contribution in [0, 0.1) is 6.92 Å². The molecule has 0 radical (unpaired) electrons. The van der Waals surface area contributed by atoms with Crippen LogP contribution < -0.4 is 0 Å². The number of ether oxygens (including phenoxy) is 1. The first-order valence-electron chi connectivity index (χ1n) is 5.70. The SMILES string of the molecule is Cc1nn(C)cc1/C=C1\N=C(c2cccs2)OC1=O. The minimum Gasteiger partial charge on any atom is -0.401 e. The van der Waals surface area contributed by atoms with Gasteiger partial charge < -0.3 is 4.74 Å². The molecule has 0 aliphatic carbocycles. The monoisotopic (exact) mass is 273 g/mol. The van der Waals surface area contributed by atoms with Gasteiger partial charge in [-0.25, -0.2) is 9.79 Å². The first kappa shape index (κ1) is 11.9. The summed E-state index contributed by atoms with van der Waals surface area (Å²) in [4.78, 5) is 16.9. The van der Waals surface area contributed by atoms with E-state index in [2.05, 4.69) is 10.1 Å². The molecule has 19 heavy (non-hydrogen) atoms. The van der Waals surface area contributed by atoms with Gasteiger partial charge >= 0.3 is 5.97 Å². The zero-order valence-corrected chi connectivity index (χ0v) is 11.3. The molecule has 0 unspecified atom stereocenters. The zero-order chi connectivity index (χ0) is 13.4. The normalized spacial score (nSPS) is 16.8. The van der Waals surface area contributed by atoms with Crippen LogP contribution in [0.25, 0.3) is 6.08 Å². The largest absolute Gasteiger partial charge is 0.401 e. The molecule has 6 heteroatoms. The average Bonchev–Trinajstić information content (AvgIpc) is 3.03. The fourth-order valence-corrected chi connectivity index (χ4v) is 2.47. The van der Waals surface area contributed by atoms with E-state index in [0.717, 1.165) is 16.1 Å². The second kappa shape index (κ2) is 4.47. The van der Waals surface area contributed by atoms with Crippen molar-refractivity contribution in [2.24, 2.45) is 12.0 Å². The van der Waals surface area contributed by atoms with Gasteiger partial charge in [-0.05, 0) is 24.4 Å². The molecule has 0 amide bonds. The van der Waals surface area contributed by atoms with Crippen LogP contribution in [-0.4, -0.2) is 21.6 Å². The number of carbonyl (C=O) groups is 1.